The first-order valence-corrected chi connectivity index (χ1v) is 14.5. The minimum absolute atomic E-state index is 0.147. The topological polar surface area (TPSA) is 95.7 Å². The molecule has 1 amide bonds. The van der Waals surface area contributed by atoms with Crippen LogP contribution in [0.4, 0.5) is 13.2 Å². The second kappa shape index (κ2) is 9.76. The van der Waals surface area contributed by atoms with Crippen LogP contribution in [0.1, 0.15) is 93.1 Å². The maximum atomic E-state index is 14.5. The molecule has 39 heavy (non-hydrogen) atoms. The summed E-state index contributed by atoms with van der Waals surface area (Å²) in [6.45, 7) is 5.75. The van der Waals surface area contributed by atoms with E-state index < -0.39 is 46.9 Å². The lowest BCUT2D eigenvalue weighted by atomic mass is 9.74. The Morgan fingerprint density at radius 1 is 1.23 bits per heavy atom. The van der Waals surface area contributed by atoms with Crippen molar-refractivity contribution in [1.82, 2.24) is 14.7 Å². The van der Waals surface area contributed by atoms with E-state index in [1.54, 1.807) is 18.4 Å². The van der Waals surface area contributed by atoms with Crippen LogP contribution in [-0.4, -0.2) is 49.4 Å². The number of carboxylic acid groups (broad SMARTS) is 1. The van der Waals surface area contributed by atoms with Gasteiger partial charge in [-0.1, -0.05) is 25.4 Å². The quantitative estimate of drug-likeness (QED) is 0.389. The third kappa shape index (κ3) is 4.99. The van der Waals surface area contributed by atoms with Crippen molar-refractivity contribution >= 4 is 34.8 Å². The van der Waals surface area contributed by atoms with Crippen LogP contribution in [0.5, 0.6) is 0 Å². The molecule has 214 valence electrons. The fourth-order valence-corrected chi connectivity index (χ4v) is 7.90. The Labute approximate surface area is 233 Å². The molecule has 5 rings (SSSR count). The Kier molecular flexibility index (Phi) is 7.12. The summed E-state index contributed by atoms with van der Waals surface area (Å²) in [4.78, 5) is 26.9. The van der Waals surface area contributed by atoms with E-state index in [9.17, 15) is 33.0 Å². The number of carbonyl (C=O) groups excluding carboxylic acids is 1. The molecule has 3 fully saturated rings. The van der Waals surface area contributed by atoms with Crippen LogP contribution >= 0.6 is 22.9 Å². The second-order valence-electron chi connectivity index (χ2n) is 12.2. The number of aliphatic hydroxyl groups excluding tert-OH is 1. The molecule has 0 bridgehead atoms. The molecule has 0 aromatic carbocycles. The number of hydrogen-bond donors (Lipinski definition) is 2. The fourth-order valence-electron chi connectivity index (χ4n) is 6.89. The third-order valence-corrected chi connectivity index (χ3v) is 10.8. The molecule has 3 saturated carbocycles. The van der Waals surface area contributed by atoms with E-state index in [2.05, 4.69) is 18.9 Å². The highest BCUT2D eigenvalue weighted by atomic mass is 35.5. The molecule has 0 spiro atoms. The number of carbonyl (C=O) groups is 2. The molecular formula is C27H33ClF3N3O4S. The van der Waals surface area contributed by atoms with Gasteiger partial charge in [0.15, 0.2) is 5.69 Å². The number of rotatable bonds is 7. The summed E-state index contributed by atoms with van der Waals surface area (Å²) in [5.74, 6) is -1.01. The molecule has 3 aliphatic rings. The number of aromatic nitrogens is 2. The van der Waals surface area contributed by atoms with Gasteiger partial charge in [-0.15, -0.1) is 11.3 Å². The summed E-state index contributed by atoms with van der Waals surface area (Å²) in [5, 5.41) is 26.2. The molecule has 2 aromatic heterocycles. The Morgan fingerprint density at radius 3 is 2.36 bits per heavy atom. The van der Waals surface area contributed by atoms with Crippen LogP contribution in [0.3, 0.4) is 0 Å². The molecule has 1 unspecified atom stereocenters. The summed E-state index contributed by atoms with van der Waals surface area (Å²) in [6, 6.07) is 0.685. The highest BCUT2D eigenvalue weighted by Crippen LogP contribution is 2.67. The standard InChI is InChI=1S/C27H33ClF3N3O4S/c1-25(2)18-10-15(11-19(18)25)33(13-20(35)16-6-9-39-22(16)28)23(36)17-12-32-34(21(17)27(29,30)31)14-4-7-26(3,8-5-14)24(37)38/h6,9,12,14-15,18-20,35H,4-5,7-8,10-11,13H2,1-3H3,(H,37,38)/t14?,15-,18+,19-,20?,26?. The molecule has 0 saturated heterocycles. The van der Waals surface area contributed by atoms with Crippen molar-refractivity contribution in [3.8, 4) is 0 Å². The molecule has 4 atom stereocenters. The van der Waals surface area contributed by atoms with E-state index in [-0.39, 0.29) is 43.7 Å². The van der Waals surface area contributed by atoms with Gasteiger partial charge in [0, 0.05) is 11.6 Å². The molecular weight excluding hydrogens is 555 g/mol. The molecule has 3 aliphatic carbocycles. The van der Waals surface area contributed by atoms with Gasteiger partial charge < -0.3 is 15.1 Å². The fraction of sp³-hybridized carbons (Fsp3) is 0.667. The van der Waals surface area contributed by atoms with Gasteiger partial charge in [0.25, 0.3) is 5.91 Å². The Morgan fingerprint density at radius 2 is 1.85 bits per heavy atom. The van der Waals surface area contributed by atoms with Crippen molar-refractivity contribution in [2.45, 2.75) is 83.7 Å². The molecule has 2 aromatic rings. The van der Waals surface area contributed by atoms with Crippen molar-refractivity contribution in [3.63, 3.8) is 0 Å². The Bertz CT molecular complexity index is 1250. The van der Waals surface area contributed by atoms with Crippen molar-refractivity contribution in [2.24, 2.45) is 22.7 Å². The zero-order valence-corrected chi connectivity index (χ0v) is 23.6. The van der Waals surface area contributed by atoms with Gasteiger partial charge in [-0.25, -0.2) is 0 Å². The highest BCUT2D eigenvalue weighted by molar-refractivity contribution is 7.14. The summed E-state index contributed by atoms with van der Waals surface area (Å²) in [7, 11) is 0. The maximum absolute atomic E-state index is 14.5. The van der Waals surface area contributed by atoms with Gasteiger partial charge in [-0.3, -0.25) is 14.3 Å². The number of thiophene rings is 1. The number of alkyl halides is 3. The van der Waals surface area contributed by atoms with E-state index in [1.807, 2.05) is 0 Å². The molecule has 2 N–H and O–H groups in total. The number of halogens is 4. The van der Waals surface area contributed by atoms with Gasteiger partial charge in [0.05, 0.1) is 40.2 Å². The van der Waals surface area contributed by atoms with Gasteiger partial charge >= 0.3 is 12.1 Å². The van der Waals surface area contributed by atoms with E-state index in [1.165, 1.54) is 16.2 Å². The first kappa shape index (κ1) is 28.4. The third-order valence-electron chi connectivity index (χ3n) is 9.63. The number of nitrogens with zero attached hydrogens (tertiary/aromatic N) is 3. The minimum atomic E-state index is -4.85. The summed E-state index contributed by atoms with van der Waals surface area (Å²) < 4.78 is 44.7. The van der Waals surface area contributed by atoms with Crippen LogP contribution < -0.4 is 0 Å². The van der Waals surface area contributed by atoms with Crippen LogP contribution in [0, 0.1) is 22.7 Å². The van der Waals surface area contributed by atoms with Crippen LogP contribution in [-0.2, 0) is 11.0 Å². The summed E-state index contributed by atoms with van der Waals surface area (Å²) in [6.07, 6.45) is -2.83. The average Bonchev–Trinajstić information content (AvgIpc) is 3.42. The number of carboxylic acids is 1. The monoisotopic (exact) mass is 587 g/mol. The predicted octanol–water partition coefficient (Wildman–Crippen LogP) is 6.43. The van der Waals surface area contributed by atoms with E-state index in [0.29, 0.717) is 34.6 Å². The second-order valence-corrected chi connectivity index (χ2v) is 13.7. The summed E-state index contributed by atoms with van der Waals surface area (Å²) in [5.41, 5.74) is -2.06. The molecule has 0 radical (unpaired) electrons. The lowest BCUT2D eigenvalue weighted by Gasteiger charge is -2.35. The number of aliphatic carboxylic acids is 1. The number of amides is 1. The minimum Gasteiger partial charge on any atom is -0.481 e. The van der Waals surface area contributed by atoms with Crippen LogP contribution in [0.2, 0.25) is 4.34 Å². The predicted molar refractivity (Wildman–Crippen MR) is 140 cm³/mol. The molecule has 12 heteroatoms. The van der Waals surface area contributed by atoms with Crippen molar-refractivity contribution in [2.75, 3.05) is 6.54 Å². The zero-order valence-electron chi connectivity index (χ0n) is 22.0. The van der Waals surface area contributed by atoms with Crippen LogP contribution in [0.25, 0.3) is 0 Å². The highest BCUT2D eigenvalue weighted by Gasteiger charge is 2.63. The normalized spacial score (nSPS) is 30.6. The van der Waals surface area contributed by atoms with Gasteiger partial charge in [-0.05, 0) is 74.1 Å². The average molecular weight is 588 g/mol. The first-order chi connectivity index (χ1) is 18.1. The Hall–Kier alpha value is -2.11. The maximum Gasteiger partial charge on any atom is 0.433 e. The van der Waals surface area contributed by atoms with Crippen molar-refractivity contribution in [1.29, 1.82) is 0 Å². The van der Waals surface area contributed by atoms with Crippen LogP contribution in [0.15, 0.2) is 17.6 Å². The summed E-state index contributed by atoms with van der Waals surface area (Å²) >= 11 is 7.45. The molecule has 7 nitrogen and oxygen atoms in total. The largest absolute Gasteiger partial charge is 0.481 e. The smallest absolute Gasteiger partial charge is 0.433 e. The number of hydrogen-bond acceptors (Lipinski definition) is 5. The lowest BCUT2D eigenvalue weighted by Crippen LogP contribution is -2.43. The SMILES string of the molecule is CC1(C(=O)O)CCC(n2ncc(C(=O)N(CC(O)c3ccsc3Cl)[C@H]3C[C@@H]4[C@H](C3)C4(C)C)c2C(F)(F)F)CC1. The van der Waals surface area contributed by atoms with Gasteiger partial charge in [0.2, 0.25) is 0 Å². The first-order valence-electron chi connectivity index (χ1n) is 13.2. The zero-order chi connectivity index (χ0) is 28.5. The van der Waals surface area contributed by atoms with E-state index in [0.717, 1.165) is 10.9 Å². The number of fused-ring (bicyclic) bond motifs is 1. The Balaban J connectivity index is 1.45. The van der Waals surface area contributed by atoms with Gasteiger partial charge in [0.1, 0.15) is 0 Å². The van der Waals surface area contributed by atoms with Crippen molar-refractivity contribution < 1.29 is 33.0 Å². The number of aliphatic hydroxyl groups is 1. The molecule has 2 heterocycles. The van der Waals surface area contributed by atoms with E-state index in [4.69, 9.17) is 11.6 Å². The van der Waals surface area contributed by atoms with E-state index >= 15 is 0 Å². The van der Waals surface area contributed by atoms with Crippen molar-refractivity contribution in [3.05, 3.63) is 38.8 Å². The molecule has 0 aliphatic heterocycles. The van der Waals surface area contributed by atoms with Gasteiger partial charge in [-0.2, -0.15) is 18.3 Å². The lowest BCUT2D eigenvalue weighted by molar-refractivity contribution is -0.152.